The van der Waals surface area contributed by atoms with Gasteiger partial charge in [0, 0.05) is 43.0 Å². The molecule has 2 amide bonds. The van der Waals surface area contributed by atoms with Gasteiger partial charge >= 0.3 is 5.97 Å². The third-order valence-electron chi connectivity index (χ3n) is 6.98. The van der Waals surface area contributed by atoms with Crippen molar-refractivity contribution in [3.8, 4) is 0 Å². The Morgan fingerprint density at radius 1 is 1.03 bits per heavy atom. The summed E-state index contributed by atoms with van der Waals surface area (Å²) in [7, 11) is 0. The SMILES string of the molecule is O=C(O)CC1CCC(CNC(=O)C(=O)c2c(Cl)c(C(=O)Nc3cc(F)c(F)c(F)c3)c3n2CCC3)CC1. The summed E-state index contributed by atoms with van der Waals surface area (Å²) < 4.78 is 41.9. The summed E-state index contributed by atoms with van der Waals surface area (Å²) in [4.78, 5) is 49.6. The monoisotopic (exact) mass is 539 g/mol. The Labute approximate surface area is 215 Å². The van der Waals surface area contributed by atoms with E-state index in [1.807, 2.05) is 0 Å². The third-order valence-corrected chi connectivity index (χ3v) is 7.35. The van der Waals surface area contributed by atoms with Crippen LogP contribution in [-0.4, -0.2) is 39.8 Å². The van der Waals surface area contributed by atoms with Crippen molar-refractivity contribution in [3.63, 3.8) is 0 Å². The van der Waals surface area contributed by atoms with E-state index >= 15 is 0 Å². The lowest BCUT2D eigenvalue weighted by atomic mass is 9.80. The van der Waals surface area contributed by atoms with Crippen molar-refractivity contribution in [3.05, 3.63) is 51.6 Å². The molecule has 198 valence electrons. The Hall–Kier alpha value is -3.34. The summed E-state index contributed by atoms with van der Waals surface area (Å²) in [5.74, 6) is -7.87. The smallest absolute Gasteiger partial charge is 0.303 e. The lowest BCUT2D eigenvalue weighted by Gasteiger charge is -2.27. The number of carbonyl (C=O) groups is 4. The summed E-state index contributed by atoms with van der Waals surface area (Å²) >= 11 is 6.40. The molecule has 3 N–H and O–H groups in total. The topological polar surface area (TPSA) is 118 Å². The van der Waals surface area contributed by atoms with Crippen LogP contribution in [0.25, 0.3) is 0 Å². The average molecular weight is 540 g/mol. The summed E-state index contributed by atoms with van der Waals surface area (Å²) in [6.45, 7) is 0.606. The number of benzene rings is 1. The molecule has 37 heavy (non-hydrogen) atoms. The number of halogens is 4. The highest BCUT2D eigenvalue weighted by Crippen LogP contribution is 2.34. The molecule has 0 spiro atoms. The van der Waals surface area contributed by atoms with Crippen LogP contribution in [0.15, 0.2) is 12.1 Å². The third kappa shape index (κ3) is 5.66. The van der Waals surface area contributed by atoms with Crippen LogP contribution in [0.5, 0.6) is 0 Å². The second kappa shape index (κ2) is 11.0. The number of nitrogens with zero attached hydrogens (tertiary/aromatic N) is 1. The van der Waals surface area contributed by atoms with Gasteiger partial charge in [-0.2, -0.15) is 0 Å². The van der Waals surface area contributed by atoms with Gasteiger partial charge in [-0.25, -0.2) is 13.2 Å². The second-order valence-electron chi connectivity index (χ2n) is 9.47. The van der Waals surface area contributed by atoms with Gasteiger partial charge in [0.2, 0.25) is 0 Å². The first-order chi connectivity index (χ1) is 17.6. The first kappa shape index (κ1) is 26.7. The molecule has 1 aromatic heterocycles. The summed E-state index contributed by atoms with van der Waals surface area (Å²) in [5, 5.41) is 13.6. The largest absolute Gasteiger partial charge is 0.481 e. The lowest BCUT2D eigenvalue weighted by molar-refractivity contribution is -0.138. The van der Waals surface area contributed by atoms with Gasteiger partial charge in [0.1, 0.15) is 5.69 Å². The predicted octanol–water partition coefficient (Wildman–Crippen LogP) is 4.34. The van der Waals surface area contributed by atoms with E-state index in [0.29, 0.717) is 37.2 Å². The van der Waals surface area contributed by atoms with Gasteiger partial charge in [0.05, 0.1) is 10.6 Å². The minimum absolute atomic E-state index is 0.0859. The minimum Gasteiger partial charge on any atom is -0.481 e. The molecule has 1 aliphatic carbocycles. The molecule has 0 saturated heterocycles. The number of Topliss-reactive ketones (excluding diaryl/α,β-unsaturated/α-hetero) is 1. The van der Waals surface area contributed by atoms with Crippen molar-refractivity contribution in [1.29, 1.82) is 0 Å². The molecule has 0 bridgehead atoms. The molecule has 0 unspecified atom stereocenters. The van der Waals surface area contributed by atoms with Crippen LogP contribution in [0.3, 0.4) is 0 Å². The van der Waals surface area contributed by atoms with Crippen molar-refractivity contribution in [2.24, 2.45) is 11.8 Å². The standard InChI is InChI=1S/C25H25ClF3N3O5/c26-20-19(24(36)31-14-9-15(27)21(29)16(28)10-14)17-2-1-7-32(17)22(20)23(35)25(37)30-11-13-5-3-12(4-6-13)8-18(33)34/h9-10,12-13H,1-8,11H2,(H,30,37)(H,31,36)(H,33,34). The van der Waals surface area contributed by atoms with Gasteiger partial charge in [-0.1, -0.05) is 11.6 Å². The summed E-state index contributed by atoms with van der Waals surface area (Å²) in [6.07, 6.45) is 4.05. The fraction of sp³-hybridized carbons (Fsp3) is 0.440. The Balaban J connectivity index is 1.45. The number of rotatable bonds is 8. The molecular formula is C25H25ClF3N3O5. The molecule has 1 fully saturated rings. The summed E-state index contributed by atoms with van der Waals surface area (Å²) in [5.41, 5.74) is -0.145. The van der Waals surface area contributed by atoms with Gasteiger partial charge in [0.15, 0.2) is 17.5 Å². The Bertz CT molecular complexity index is 1250. The van der Waals surface area contributed by atoms with E-state index in [9.17, 15) is 32.3 Å². The molecule has 0 radical (unpaired) electrons. The fourth-order valence-corrected chi connectivity index (χ4v) is 5.51. The van der Waals surface area contributed by atoms with Gasteiger partial charge in [-0.3, -0.25) is 19.2 Å². The number of carboxylic acids is 1. The lowest BCUT2D eigenvalue weighted by Crippen LogP contribution is -2.36. The highest BCUT2D eigenvalue weighted by atomic mass is 35.5. The number of amides is 2. The van der Waals surface area contributed by atoms with E-state index in [-0.39, 0.29) is 46.8 Å². The number of ketones is 1. The average Bonchev–Trinajstić information content (AvgIpc) is 3.40. The normalized spacial score (nSPS) is 18.8. The molecule has 0 atom stereocenters. The number of nitrogens with one attached hydrogen (secondary N) is 2. The maximum absolute atomic E-state index is 13.6. The number of anilines is 1. The Morgan fingerprint density at radius 2 is 1.65 bits per heavy atom. The van der Waals surface area contributed by atoms with Crippen LogP contribution < -0.4 is 10.6 Å². The molecular weight excluding hydrogens is 515 g/mol. The van der Waals surface area contributed by atoms with Gasteiger partial charge in [-0.05, 0) is 50.4 Å². The minimum atomic E-state index is -1.67. The number of hydrogen-bond donors (Lipinski definition) is 3. The van der Waals surface area contributed by atoms with Crippen LogP contribution in [-0.2, 0) is 22.6 Å². The fourth-order valence-electron chi connectivity index (χ4n) is 5.13. The van der Waals surface area contributed by atoms with Gasteiger partial charge in [0.25, 0.3) is 17.6 Å². The maximum Gasteiger partial charge on any atom is 0.303 e. The molecule has 8 nitrogen and oxygen atoms in total. The van der Waals surface area contributed by atoms with Crippen molar-refractivity contribution < 1.29 is 37.5 Å². The predicted molar refractivity (Wildman–Crippen MR) is 127 cm³/mol. The maximum atomic E-state index is 13.6. The Kier molecular flexibility index (Phi) is 7.91. The van der Waals surface area contributed by atoms with E-state index < -0.39 is 41.0 Å². The van der Waals surface area contributed by atoms with Gasteiger partial charge < -0.3 is 20.3 Å². The molecule has 4 rings (SSSR count). The zero-order valence-electron chi connectivity index (χ0n) is 19.7. The molecule has 2 aliphatic rings. The van der Waals surface area contributed by atoms with E-state index in [2.05, 4.69) is 10.6 Å². The van der Waals surface area contributed by atoms with E-state index in [4.69, 9.17) is 16.7 Å². The number of carboxylic acid groups (broad SMARTS) is 1. The van der Waals surface area contributed by atoms with Crippen LogP contribution in [0, 0.1) is 29.3 Å². The van der Waals surface area contributed by atoms with Crippen LogP contribution in [0.4, 0.5) is 18.9 Å². The molecule has 1 aliphatic heterocycles. The number of aromatic nitrogens is 1. The van der Waals surface area contributed by atoms with Crippen molar-refractivity contribution in [2.75, 3.05) is 11.9 Å². The number of fused-ring (bicyclic) bond motifs is 1. The van der Waals surface area contributed by atoms with Crippen LogP contribution in [0.1, 0.15) is 65.1 Å². The first-order valence-electron chi connectivity index (χ1n) is 12.0. The molecule has 2 aromatic rings. The van der Waals surface area contributed by atoms with Crippen LogP contribution >= 0.6 is 11.6 Å². The summed E-state index contributed by atoms with van der Waals surface area (Å²) in [6, 6.07) is 1.24. The van der Waals surface area contributed by atoms with Gasteiger partial charge in [-0.15, -0.1) is 0 Å². The second-order valence-corrected chi connectivity index (χ2v) is 9.85. The quantitative estimate of drug-likeness (QED) is 0.262. The molecule has 12 heteroatoms. The molecule has 1 saturated carbocycles. The zero-order chi connectivity index (χ0) is 26.9. The number of aliphatic carboxylic acids is 1. The van der Waals surface area contributed by atoms with Crippen molar-refractivity contribution >= 4 is 40.9 Å². The first-order valence-corrected chi connectivity index (χ1v) is 12.4. The van der Waals surface area contributed by atoms with E-state index in [0.717, 1.165) is 25.7 Å². The van der Waals surface area contributed by atoms with E-state index in [1.165, 1.54) is 4.57 Å². The zero-order valence-corrected chi connectivity index (χ0v) is 20.5. The highest BCUT2D eigenvalue weighted by molar-refractivity contribution is 6.48. The Morgan fingerprint density at radius 3 is 2.27 bits per heavy atom. The van der Waals surface area contributed by atoms with E-state index in [1.54, 1.807) is 0 Å². The molecule has 2 heterocycles. The number of hydrogen-bond acceptors (Lipinski definition) is 4. The molecule has 1 aromatic carbocycles. The number of carbonyl (C=O) groups excluding carboxylic acids is 3. The van der Waals surface area contributed by atoms with Crippen LogP contribution in [0.2, 0.25) is 5.02 Å². The van der Waals surface area contributed by atoms with Crippen molar-refractivity contribution in [2.45, 2.75) is 51.5 Å². The highest BCUT2D eigenvalue weighted by Gasteiger charge is 2.35. The van der Waals surface area contributed by atoms with Crippen molar-refractivity contribution in [1.82, 2.24) is 9.88 Å².